The summed E-state index contributed by atoms with van der Waals surface area (Å²) in [6.07, 6.45) is 1.73. The average Bonchev–Trinajstić information content (AvgIpc) is 2.89. The number of fused-ring (bicyclic) bond motifs is 1. The molecule has 7 nitrogen and oxygen atoms in total. The highest BCUT2D eigenvalue weighted by Gasteiger charge is 2.27. The monoisotopic (exact) mass is 297 g/mol. The molecule has 3 heterocycles. The van der Waals surface area contributed by atoms with Crippen molar-refractivity contribution in [1.29, 1.82) is 0 Å². The number of hydrogen-bond acceptors (Lipinski definition) is 6. The van der Waals surface area contributed by atoms with Crippen LogP contribution in [0.2, 0.25) is 5.28 Å². The minimum atomic E-state index is -0.135. The Morgan fingerprint density at radius 2 is 2.35 bits per heavy atom. The standard InChI is InChI=1S/C12H16ClN5O2/c1-2-17-7-14-9-10(17)15-12(13)16-11(9)18-3-4-20-6-8(18)5-19/h7-8,19H,2-6H2,1H3/t8-/m1/s1. The Balaban J connectivity index is 2.12. The third kappa shape index (κ3) is 2.21. The number of ether oxygens (including phenoxy) is 1. The lowest BCUT2D eigenvalue weighted by atomic mass is 10.2. The number of halogens is 1. The molecule has 2 aromatic heterocycles. The normalized spacial score (nSPS) is 19.8. The summed E-state index contributed by atoms with van der Waals surface area (Å²) in [7, 11) is 0. The van der Waals surface area contributed by atoms with Crippen molar-refractivity contribution in [1.82, 2.24) is 19.5 Å². The van der Waals surface area contributed by atoms with Crippen molar-refractivity contribution in [3.05, 3.63) is 11.6 Å². The maximum Gasteiger partial charge on any atom is 0.226 e. The number of nitrogens with zero attached hydrogens (tertiary/aromatic N) is 5. The number of hydrogen-bond donors (Lipinski definition) is 1. The molecule has 20 heavy (non-hydrogen) atoms. The van der Waals surface area contributed by atoms with Crippen molar-refractivity contribution < 1.29 is 9.84 Å². The molecule has 0 saturated carbocycles. The molecule has 0 radical (unpaired) electrons. The van der Waals surface area contributed by atoms with Gasteiger partial charge in [0.15, 0.2) is 17.0 Å². The van der Waals surface area contributed by atoms with E-state index in [9.17, 15) is 5.11 Å². The van der Waals surface area contributed by atoms with Gasteiger partial charge in [0.25, 0.3) is 0 Å². The van der Waals surface area contributed by atoms with E-state index in [1.54, 1.807) is 6.33 Å². The molecule has 1 aliphatic heterocycles. The summed E-state index contributed by atoms with van der Waals surface area (Å²) in [4.78, 5) is 14.9. The van der Waals surface area contributed by atoms with Crippen molar-refractivity contribution >= 4 is 28.6 Å². The van der Waals surface area contributed by atoms with E-state index in [4.69, 9.17) is 16.3 Å². The molecular formula is C12H16ClN5O2. The summed E-state index contributed by atoms with van der Waals surface area (Å²) in [5, 5.41) is 9.68. The van der Waals surface area contributed by atoms with Crippen LogP contribution in [0.15, 0.2) is 6.33 Å². The molecule has 1 aliphatic rings. The summed E-state index contributed by atoms with van der Waals surface area (Å²) in [5.74, 6) is 0.662. The van der Waals surface area contributed by atoms with Gasteiger partial charge in [0.2, 0.25) is 5.28 Å². The molecule has 1 atom stereocenters. The highest BCUT2D eigenvalue weighted by atomic mass is 35.5. The van der Waals surface area contributed by atoms with Crippen LogP contribution >= 0.6 is 11.6 Å². The number of anilines is 1. The maximum absolute atomic E-state index is 9.49. The molecule has 3 rings (SSSR count). The lowest BCUT2D eigenvalue weighted by Crippen LogP contribution is -2.48. The zero-order chi connectivity index (χ0) is 14.1. The summed E-state index contributed by atoms with van der Waals surface area (Å²) < 4.78 is 7.31. The predicted molar refractivity (Wildman–Crippen MR) is 75.0 cm³/mol. The van der Waals surface area contributed by atoms with Crippen molar-refractivity contribution in [2.45, 2.75) is 19.5 Å². The quantitative estimate of drug-likeness (QED) is 0.840. The molecular weight excluding hydrogens is 282 g/mol. The SMILES string of the molecule is CCn1cnc2c(N3CCOC[C@H]3CO)nc(Cl)nc21. The van der Waals surface area contributed by atoms with Crippen LogP contribution in [0.25, 0.3) is 11.2 Å². The second-order valence-electron chi connectivity index (χ2n) is 4.62. The summed E-state index contributed by atoms with van der Waals surface area (Å²) in [5.41, 5.74) is 1.42. The second-order valence-corrected chi connectivity index (χ2v) is 4.96. The third-order valence-electron chi connectivity index (χ3n) is 3.47. The Labute approximate surface area is 121 Å². The number of imidazole rings is 1. The number of aryl methyl sites for hydroxylation is 1. The summed E-state index contributed by atoms with van der Waals surface area (Å²) >= 11 is 6.04. The van der Waals surface area contributed by atoms with E-state index < -0.39 is 0 Å². The maximum atomic E-state index is 9.49. The van der Waals surface area contributed by atoms with Crippen LogP contribution in [0.5, 0.6) is 0 Å². The Hall–Kier alpha value is -1.44. The first kappa shape index (κ1) is 13.5. The van der Waals surface area contributed by atoms with Gasteiger partial charge in [0, 0.05) is 13.1 Å². The van der Waals surface area contributed by atoms with Crippen molar-refractivity contribution in [3.63, 3.8) is 0 Å². The molecule has 0 aliphatic carbocycles. The Kier molecular flexibility index (Phi) is 3.73. The number of rotatable bonds is 3. The molecule has 1 N–H and O–H groups in total. The third-order valence-corrected chi connectivity index (χ3v) is 3.64. The molecule has 2 aromatic rings. The first-order chi connectivity index (χ1) is 9.74. The van der Waals surface area contributed by atoms with Gasteiger partial charge in [-0.1, -0.05) is 0 Å². The van der Waals surface area contributed by atoms with Gasteiger partial charge in [-0.25, -0.2) is 4.98 Å². The van der Waals surface area contributed by atoms with Gasteiger partial charge in [-0.05, 0) is 18.5 Å². The lowest BCUT2D eigenvalue weighted by Gasteiger charge is -2.35. The number of aromatic nitrogens is 4. The first-order valence-electron chi connectivity index (χ1n) is 6.58. The van der Waals surface area contributed by atoms with Crippen LogP contribution in [-0.2, 0) is 11.3 Å². The van der Waals surface area contributed by atoms with Crippen LogP contribution in [0.1, 0.15) is 6.92 Å². The Morgan fingerprint density at radius 3 is 3.10 bits per heavy atom. The van der Waals surface area contributed by atoms with Crippen LogP contribution in [-0.4, -0.2) is 57.0 Å². The van der Waals surface area contributed by atoms with Crippen LogP contribution in [0.3, 0.4) is 0 Å². The second kappa shape index (κ2) is 5.51. The smallest absolute Gasteiger partial charge is 0.226 e. The van der Waals surface area contributed by atoms with E-state index >= 15 is 0 Å². The van der Waals surface area contributed by atoms with Crippen molar-refractivity contribution in [2.24, 2.45) is 0 Å². The average molecular weight is 298 g/mol. The fraction of sp³-hybridized carbons (Fsp3) is 0.583. The highest BCUT2D eigenvalue weighted by molar-refractivity contribution is 6.28. The molecule has 0 spiro atoms. The fourth-order valence-electron chi connectivity index (χ4n) is 2.42. The van der Waals surface area contributed by atoms with E-state index in [1.165, 1.54) is 0 Å². The first-order valence-corrected chi connectivity index (χ1v) is 6.96. The van der Waals surface area contributed by atoms with Gasteiger partial charge in [-0.2, -0.15) is 9.97 Å². The summed E-state index contributed by atoms with van der Waals surface area (Å²) in [6.45, 7) is 4.48. The van der Waals surface area contributed by atoms with Crippen molar-refractivity contribution in [2.75, 3.05) is 31.3 Å². The zero-order valence-corrected chi connectivity index (χ0v) is 11.9. The molecule has 1 saturated heterocycles. The number of aliphatic hydroxyl groups excluding tert-OH is 1. The van der Waals surface area contributed by atoms with Gasteiger partial charge in [-0.3, -0.25) is 0 Å². The van der Waals surface area contributed by atoms with E-state index in [0.29, 0.717) is 36.7 Å². The van der Waals surface area contributed by atoms with E-state index in [-0.39, 0.29) is 17.9 Å². The van der Waals surface area contributed by atoms with E-state index in [1.807, 2.05) is 16.4 Å². The predicted octanol–water partition coefficient (Wildman–Crippen LogP) is 0.697. The molecule has 1 fully saturated rings. The molecule has 0 amide bonds. The zero-order valence-electron chi connectivity index (χ0n) is 11.2. The molecule has 108 valence electrons. The molecule has 8 heteroatoms. The van der Waals surface area contributed by atoms with Gasteiger partial charge >= 0.3 is 0 Å². The minimum absolute atomic E-state index is 0.00238. The molecule has 0 bridgehead atoms. The minimum Gasteiger partial charge on any atom is -0.394 e. The topological polar surface area (TPSA) is 76.3 Å². The largest absolute Gasteiger partial charge is 0.394 e. The van der Waals surface area contributed by atoms with Crippen LogP contribution in [0, 0.1) is 0 Å². The highest BCUT2D eigenvalue weighted by Crippen LogP contribution is 2.26. The molecule has 0 aromatic carbocycles. The molecule has 0 unspecified atom stereocenters. The Morgan fingerprint density at radius 1 is 1.50 bits per heavy atom. The van der Waals surface area contributed by atoms with Gasteiger partial charge in [0.05, 0.1) is 32.2 Å². The number of aliphatic hydroxyl groups is 1. The van der Waals surface area contributed by atoms with E-state index in [0.717, 1.165) is 6.54 Å². The summed E-state index contributed by atoms with van der Waals surface area (Å²) in [6, 6.07) is -0.135. The van der Waals surface area contributed by atoms with Crippen LogP contribution in [0.4, 0.5) is 5.82 Å². The van der Waals surface area contributed by atoms with E-state index in [2.05, 4.69) is 15.0 Å². The van der Waals surface area contributed by atoms with Gasteiger partial charge < -0.3 is 19.3 Å². The van der Waals surface area contributed by atoms with Gasteiger partial charge in [-0.15, -0.1) is 0 Å². The van der Waals surface area contributed by atoms with Crippen molar-refractivity contribution in [3.8, 4) is 0 Å². The van der Waals surface area contributed by atoms with Gasteiger partial charge in [0.1, 0.15) is 0 Å². The Bertz CT molecular complexity index is 617. The number of morpholine rings is 1. The fourth-order valence-corrected chi connectivity index (χ4v) is 2.58. The lowest BCUT2D eigenvalue weighted by molar-refractivity contribution is 0.0724. The van der Waals surface area contributed by atoms with Crippen LogP contribution < -0.4 is 4.90 Å².